The average molecular weight is 421 g/mol. The van der Waals surface area contributed by atoms with Gasteiger partial charge in [0.15, 0.2) is 0 Å². The largest absolute Gasteiger partial charge is 0.460 e. The molecular formula is C21H25ClN2O3S. The zero-order valence-corrected chi connectivity index (χ0v) is 18.0. The Kier molecular flexibility index (Phi) is 8.91. The molecule has 1 unspecified atom stereocenters. The number of nitrogens with one attached hydrogen (secondary N) is 1. The van der Waals surface area contributed by atoms with E-state index in [4.69, 9.17) is 21.1 Å². The molecule has 28 heavy (non-hydrogen) atoms. The average Bonchev–Trinajstić information content (AvgIpc) is 2.68. The maximum Gasteiger partial charge on any atom is 0.336 e. The highest BCUT2D eigenvalue weighted by Crippen LogP contribution is 2.43. The van der Waals surface area contributed by atoms with E-state index in [0.29, 0.717) is 34.0 Å². The second-order valence-electron chi connectivity index (χ2n) is 6.30. The molecule has 150 valence electrons. The molecule has 0 aromatic heterocycles. The molecule has 0 radical (unpaired) electrons. The molecule has 0 fully saturated rings. The number of methoxy groups -OCH3 is 1. The normalized spacial score (nSPS) is 16.6. The smallest absolute Gasteiger partial charge is 0.336 e. The van der Waals surface area contributed by atoms with Crippen LogP contribution < -0.4 is 5.32 Å². The van der Waals surface area contributed by atoms with E-state index in [1.807, 2.05) is 25.1 Å². The number of allylic oxidation sites excluding steroid dienone is 2. The number of nitriles is 1. The highest BCUT2D eigenvalue weighted by molar-refractivity contribution is 8.03. The van der Waals surface area contributed by atoms with E-state index in [1.54, 1.807) is 24.9 Å². The molecule has 1 heterocycles. The van der Waals surface area contributed by atoms with Gasteiger partial charge in [-0.05, 0) is 30.7 Å². The molecule has 5 nitrogen and oxygen atoms in total. The highest BCUT2D eigenvalue weighted by atomic mass is 35.5. The van der Waals surface area contributed by atoms with Gasteiger partial charge in [0.1, 0.15) is 6.61 Å². The van der Waals surface area contributed by atoms with E-state index in [2.05, 4.69) is 18.3 Å². The van der Waals surface area contributed by atoms with Crippen LogP contribution >= 0.6 is 23.4 Å². The maximum atomic E-state index is 12.8. The van der Waals surface area contributed by atoms with Crippen molar-refractivity contribution in [2.45, 2.75) is 32.6 Å². The van der Waals surface area contributed by atoms with Gasteiger partial charge in [0, 0.05) is 17.8 Å². The third-order valence-corrected chi connectivity index (χ3v) is 5.80. The predicted octanol–water partition coefficient (Wildman–Crippen LogP) is 4.76. The first-order valence-corrected chi connectivity index (χ1v) is 10.6. The summed E-state index contributed by atoms with van der Waals surface area (Å²) < 4.78 is 10.3. The van der Waals surface area contributed by atoms with E-state index in [1.165, 1.54) is 0 Å². The Labute approximate surface area is 175 Å². The summed E-state index contributed by atoms with van der Waals surface area (Å²) in [5, 5.41) is 14.5. The number of benzene rings is 1. The van der Waals surface area contributed by atoms with Gasteiger partial charge in [-0.15, -0.1) is 11.8 Å². The summed E-state index contributed by atoms with van der Waals surface area (Å²) in [4.78, 5) is 12.8. The number of halogens is 1. The van der Waals surface area contributed by atoms with Gasteiger partial charge in [0.2, 0.25) is 0 Å². The van der Waals surface area contributed by atoms with Gasteiger partial charge in [-0.2, -0.15) is 5.26 Å². The van der Waals surface area contributed by atoms with Crippen molar-refractivity contribution in [2.75, 3.05) is 26.1 Å². The molecular weight excluding hydrogens is 396 g/mol. The van der Waals surface area contributed by atoms with Crippen LogP contribution in [-0.2, 0) is 14.3 Å². The summed E-state index contributed by atoms with van der Waals surface area (Å²) in [5.41, 5.74) is 2.28. The van der Waals surface area contributed by atoms with Crippen LogP contribution in [0.5, 0.6) is 0 Å². The number of esters is 1. The molecule has 1 aliphatic rings. The number of rotatable bonds is 9. The predicted molar refractivity (Wildman–Crippen MR) is 113 cm³/mol. The lowest BCUT2D eigenvalue weighted by molar-refractivity contribution is -0.140. The van der Waals surface area contributed by atoms with Gasteiger partial charge >= 0.3 is 5.97 Å². The lowest BCUT2D eigenvalue weighted by Crippen LogP contribution is -2.29. The number of unbranched alkanes of at least 4 members (excludes halogenated alkanes) is 1. The summed E-state index contributed by atoms with van der Waals surface area (Å²) in [5.74, 6) is -0.156. The van der Waals surface area contributed by atoms with Crippen LogP contribution in [0.2, 0.25) is 5.02 Å². The Hall–Kier alpha value is -1.94. The van der Waals surface area contributed by atoms with Gasteiger partial charge in [-0.25, -0.2) is 4.79 Å². The van der Waals surface area contributed by atoms with E-state index in [0.717, 1.165) is 23.6 Å². The van der Waals surface area contributed by atoms with Crippen LogP contribution in [0.15, 0.2) is 46.1 Å². The summed E-state index contributed by atoms with van der Waals surface area (Å²) in [6.07, 6.45) is 2.11. The number of carbonyl (C=O) groups is 1. The monoisotopic (exact) mass is 420 g/mol. The van der Waals surface area contributed by atoms with Gasteiger partial charge in [0.05, 0.1) is 34.8 Å². The molecule has 7 heteroatoms. The molecule has 1 N–H and O–H groups in total. The summed E-state index contributed by atoms with van der Waals surface area (Å²) >= 11 is 8.04. The van der Waals surface area contributed by atoms with Crippen LogP contribution in [0.1, 0.15) is 38.2 Å². The molecule has 0 saturated carbocycles. The number of carbonyl (C=O) groups excluding carboxylic acids is 1. The molecule has 2 rings (SSSR count). The molecule has 0 bridgehead atoms. The summed E-state index contributed by atoms with van der Waals surface area (Å²) in [6.45, 7) is 4.40. The fourth-order valence-electron chi connectivity index (χ4n) is 2.93. The molecule has 1 atom stereocenters. The van der Waals surface area contributed by atoms with Gasteiger partial charge in [0.25, 0.3) is 0 Å². The first-order valence-electron chi connectivity index (χ1n) is 9.20. The Balaban J connectivity index is 2.49. The first kappa shape index (κ1) is 22.4. The maximum absolute atomic E-state index is 12.8. The first-order chi connectivity index (χ1) is 13.5. The molecule has 1 aliphatic heterocycles. The Bertz CT molecular complexity index is 814. The van der Waals surface area contributed by atoms with Gasteiger partial charge in [-0.3, -0.25) is 0 Å². The highest BCUT2D eigenvalue weighted by Gasteiger charge is 2.36. The van der Waals surface area contributed by atoms with Crippen LogP contribution in [0.4, 0.5) is 0 Å². The number of hydrogen-bond donors (Lipinski definition) is 1. The standard InChI is InChI=1S/C21H25ClN2O3S/c1-4-5-12-28-20-16(13-23)19(15-8-6-7-9-17(15)22)18(14(2)24-20)21(25)27-11-10-26-3/h6-9,19,24H,4-5,10-12H2,1-3H3. The van der Waals surface area contributed by atoms with Crippen molar-refractivity contribution in [3.8, 4) is 6.07 Å². The minimum atomic E-state index is -0.570. The molecule has 0 spiro atoms. The number of dihydropyridines is 1. The fourth-order valence-corrected chi connectivity index (χ4v) is 4.36. The lowest BCUT2D eigenvalue weighted by Gasteiger charge is -2.29. The third-order valence-electron chi connectivity index (χ3n) is 4.35. The Morgan fingerprint density at radius 2 is 2.11 bits per heavy atom. The van der Waals surface area contributed by atoms with E-state index < -0.39 is 11.9 Å². The molecule has 1 aromatic rings. The lowest BCUT2D eigenvalue weighted by atomic mass is 9.82. The third kappa shape index (κ3) is 5.32. The van der Waals surface area contributed by atoms with E-state index in [9.17, 15) is 10.1 Å². The fraction of sp³-hybridized carbons (Fsp3) is 0.429. The number of nitrogens with zero attached hydrogens (tertiary/aromatic N) is 1. The number of thioether (sulfide) groups is 1. The second-order valence-corrected chi connectivity index (χ2v) is 7.82. The Morgan fingerprint density at radius 3 is 2.75 bits per heavy atom. The molecule has 1 aromatic carbocycles. The second kappa shape index (κ2) is 11.2. The topological polar surface area (TPSA) is 71.4 Å². The van der Waals surface area contributed by atoms with Crippen molar-refractivity contribution in [2.24, 2.45) is 0 Å². The molecule has 0 aliphatic carbocycles. The van der Waals surface area contributed by atoms with Crippen molar-refractivity contribution in [3.63, 3.8) is 0 Å². The van der Waals surface area contributed by atoms with Crippen molar-refractivity contribution in [1.82, 2.24) is 5.32 Å². The molecule has 0 saturated heterocycles. The summed E-state index contributed by atoms with van der Waals surface area (Å²) in [7, 11) is 1.55. The molecule has 0 amide bonds. The van der Waals surface area contributed by atoms with Crippen molar-refractivity contribution < 1.29 is 14.3 Å². The van der Waals surface area contributed by atoms with Gasteiger partial charge in [-0.1, -0.05) is 43.1 Å². The summed E-state index contributed by atoms with van der Waals surface area (Å²) in [6, 6.07) is 9.59. The number of ether oxygens (including phenoxy) is 2. The zero-order chi connectivity index (χ0) is 20.5. The van der Waals surface area contributed by atoms with Crippen LogP contribution in [0.25, 0.3) is 0 Å². The van der Waals surface area contributed by atoms with Crippen molar-refractivity contribution >= 4 is 29.3 Å². The van der Waals surface area contributed by atoms with E-state index in [-0.39, 0.29) is 6.61 Å². The van der Waals surface area contributed by atoms with Crippen LogP contribution in [0.3, 0.4) is 0 Å². The van der Waals surface area contributed by atoms with Crippen molar-refractivity contribution in [1.29, 1.82) is 5.26 Å². The van der Waals surface area contributed by atoms with Crippen LogP contribution in [0, 0.1) is 11.3 Å². The quantitative estimate of drug-likeness (QED) is 0.458. The van der Waals surface area contributed by atoms with Gasteiger partial charge < -0.3 is 14.8 Å². The van der Waals surface area contributed by atoms with E-state index >= 15 is 0 Å². The minimum Gasteiger partial charge on any atom is -0.460 e. The zero-order valence-electron chi connectivity index (χ0n) is 16.4. The number of hydrogen-bond acceptors (Lipinski definition) is 6. The Morgan fingerprint density at radius 1 is 1.36 bits per heavy atom. The van der Waals surface area contributed by atoms with Crippen molar-refractivity contribution in [3.05, 3.63) is 56.7 Å². The minimum absolute atomic E-state index is 0.144. The van der Waals surface area contributed by atoms with Crippen LogP contribution in [-0.4, -0.2) is 32.0 Å². The SMILES string of the molecule is CCCCSC1=C(C#N)C(c2ccccc2Cl)C(C(=O)OCCOC)=C(C)N1.